The predicted octanol–water partition coefficient (Wildman–Crippen LogP) is 4.22. The Bertz CT molecular complexity index is 998. The van der Waals surface area contributed by atoms with E-state index >= 15 is 0 Å². The van der Waals surface area contributed by atoms with Gasteiger partial charge in [0.15, 0.2) is 0 Å². The summed E-state index contributed by atoms with van der Waals surface area (Å²) in [7, 11) is 0. The molecule has 0 atom stereocenters. The topological polar surface area (TPSA) is 83.0 Å². The average molecular weight is 413 g/mol. The van der Waals surface area contributed by atoms with Crippen molar-refractivity contribution in [2.75, 3.05) is 5.75 Å². The maximum Gasteiger partial charge on any atom is 0.235 e. The molecule has 0 N–H and O–H groups in total. The minimum Gasteiger partial charge on any atom is -0.424 e. The Morgan fingerprint density at radius 1 is 1.18 bits per heavy atom. The molecule has 0 radical (unpaired) electrons. The highest BCUT2D eigenvalue weighted by Gasteiger charge is 2.18. The van der Waals surface area contributed by atoms with Crippen molar-refractivity contribution in [3.8, 4) is 6.07 Å². The minimum absolute atomic E-state index is 0.0786. The van der Waals surface area contributed by atoms with Crippen LogP contribution in [0.1, 0.15) is 22.9 Å². The molecule has 1 heterocycles. The highest BCUT2D eigenvalue weighted by atomic mass is 35.5. The van der Waals surface area contributed by atoms with Crippen LogP contribution in [0.4, 0.5) is 0 Å². The molecule has 0 saturated heterocycles. The summed E-state index contributed by atoms with van der Waals surface area (Å²) in [6.07, 6.45) is 0. The molecule has 0 saturated carbocycles. The van der Waals surface area contributed by atoms with Crippen molar-refractivity contribution in [3.05, 3.63) is 76.5 Å². The summed E-state index contributed by atoms with van der Waals surface area (Å²) in [6, 6.07) is 16.6. The number of carbonyl (C=O) groups is 1. The fourth-order valence-corrected chi connectivity index (χ4v) is 3.64. The summed E-state index contributed by atoms with van der Waals surface area (Å²) in [5.74, 6) is 0.978. The van der Waals surface area contributed by atoms with Crippen LogP contribution in [0.15, 0.2) is 57.8 Å². The third-order valence-electron chi connectivity index (χ3n) is 3.89. The van der Waals surface area contributed by atoms with Crippen LogP contribution < -0.4 is 0 Å². The van der Waals surface area contributed by atoms with Gasteiger partial charge < -0.3 is 9.32 Å². The number of benzene rings is 2. The Morgan fingerprint density at radius 3 is 2.57 bits per heavy atom. The molecule has 0 aliphatic rings. The minimum atomic E-state index is -0.0786. The number of hydrogen-bond donors (Lipinski definition) is 0. The zero-order chi connectivity index (χ0) is 19.9. The molecular formula is C20H17ClN4O2S. The lowest BCUT2D eigenvalue weighted by Crippen LogP contribution is -2.31. The van der Waals surface area contributed by atoms with Gasteiger partial charge in [-0.2, -0.15) is 5.26 Å². The van der Waals surface area contributed by atoms with Gasteiger partial charge in [-0.3, -0.25) is 4.79 Å². The van der Waals surface area contributed by atoms with Crippen LogP contribution in [-0.4, -0.2) is 26.8 Å². The van der Waals surface area contributed by atoms with E-state index in [0.717, 1.165) is 10.5 Å². The molecule has 1 amide bonds. The predicted molar refractivity (Wildman–Crippen MR) is 107 cm³/mol. The smallest absolute Gasteiger partial charge is 0.235 e. The second kappa shape index (κ2) is 9.40. The Kier molecular flexibility index (Phi) is 6.69. The fraction of sp³-hybridized carbons (Fsp3) is 0.200. The summed E-state index contributed by atoms with van der Waals surface area (Å²) in [5, 5.41) is 17.4. The van der Waals surface area contributed by atoms with E-state index in [0.29, 0.717) is 28.9 Å². The number of nitrogens with zero attached hydrogens (tertiary/aromatic N) is 4. The first-order valence-corrected chi connectivity index (χ1v) is 9.84. The van der Waals surface area contributed by atoms with E-state index in [1.165, 1.54) is 11.8 Å². The molecule has 0 fully saturated rings. The third kappa shape index (κ3) is 5.35. The summed E-state index contributed by atoms with van der Waals surface area (Å²) in [5.41, 5.74) is 1.48. The number of nitriles is 1. The molecule has 3 aromatic rings. The lowest BCUT2D eigenvalue weighted by Gasteiger charge is -2.21. The zero-order valence-electron chi connectivity index (χ0n) is 15.1. The maximum absolute atomic E-state index is 12.9. The molecule has 28 heavy (non-hydrogen) atoms. The SMILES string of the molecule is Cc1nnc(CN(Cc2ccc(C#N)cc2)C(=O)CSc2ccccc2Cl)o1. The van der Waals surface area contributed by atoms with Gasteiger partial charge >= 0.3 is 0 Å². The van der Waals surface area contributed by atoms with Crippen molar-refractivity contribution in [1.29, 1.82) is 5.26 Å². The van der Waals surface area contributed by atoms with E-state index in [2.05, 4.69) is 16.3 Å². The van der Waals surface area contributed by atoms with Gasteiger partial charge in [0, 0.05) is 18.4 Å². The van der Waals surface area contributed by atoms with Gasteiger partial charge in [-0.15, -0.1) is 22.0 Å². The molecule has 0 bridgehead atoms. The van der Waals surface area contributed by atoms with Gasteiger partial charge in [-0.25, -0.2) is 0 Å². The molecule has 0 spiro atoms. The number of hydrogen-bond acceptors (Lipinski definition) is 6. The number of rotatable bonds is 7. The molecule has 2 aromatic carbocycles. The Labute approximate surface area is 172 Å². The Morgan fingerprint density at radius 2 is 1.93 bits per heavy atom. The lowest BCUT2D eigenvalue weighted by atomic mass is 10.1. The third-order valence-corrected chi connectivity index (χ3v) is 5.39. The molecule has 0 aliphatic carbocycles. The van der Waals surface area contributed by atoms with Crippen LogP contribution in [0.3, 0.4) is 0 Å². The first kappa shape index (κ1) is 19.9. The van der Waals surface area contributed by atoms with Crippen molar-refractivity contribution in [2.24, 2.45) is 0 Å². The van der Waals surface area contributed by atoms with Crippen LogP contribution in [0.2, 0.25) is 5.02 Å². The van der Waals surface area contributed by atoms with Gasteiger partial charge in [0.25, 0.3) is 0 Å². The van der Waals surface area contributed by atoms with Gasteiger partial charge in [0.1, 0.15) is 0 Å². The van der Waals surface area contributed by atoms with E-state index in [1.807, 2.05) is 30.3 Å². The number of aromatic nitrogens is 2. The molecule has 0 aliphatic heterocycles. The molecule has 8 heteroatoms. The largest absolute Gasteiger partial charge is 0.424 e. The number of amides is 1. The van der Waals surface area contributed by atoms with Gasteiger partial charge in [0.05, 0.1) is 29.0 Å². The van der Waals surface area contributed by atoms with Crippen molar-refractivity contribution in [2.45, 2.75) is 24.9 Å². The monoisotopic (exact) mass is 412 g/mol. The highest BCUT2D eigenvalue weighted by Crippen LogP contribution is 2.27. The van der Waals surface area contributed by atoms with E-state index in [4.69, 9.17) is 21.3 Å². The summed E-state index contributed by atoms with van der Waals surface area (Å²) >= 11 is 7.56. The van der Waals surface area contributed by atoms with E-state index in [1.54, 1.807) is 30.0 Å². The van der Waals surface area contributed by atoms with E-state index < -0.39 is 0 Å². The lowest BCUT2D eigenvalue weighted by molar-refractivity contribution is -0.129. The van der Waals surface area contributed by atoms with Crippen molar-refractivity contribution in [1.82, 2.24) is 15.1 Å². The normalized spacial score (nSPS) is 10.5. The standard InChI is InChI=1S/C20H17ClN4O2S/c1-14-23-24-19(27-14)12-25(11-16-8-6-15(10-22)7-9-16)20(26)13-28-18-5-3-2-4-17(18)21/h2-9H,11-13H2,1H3. The molecule has 0 unspecified atom stereocenters. The van der Waals surface area contributed by atoms with Crippen molar-refractivity contribution in [3.63, 3.8) is 0 Å². The zero-order valence-corrected chi connectivity index (χ0v) is 16.7. The van der Waals surface area contributed by atoms with Crippen molar-refractivity contribution < 1.29 is 9.21 Å². The van der Waals surface area contributed by atoms with Crippen LogP contribution in [-0.2, 0) is 17.9 Å². The average Bonchev–Trinajstić information content (AvgIpc) is 3.12. The molecule has 1 aromatic heterocycles. The van der Waals surface area contributed by atoms with Crippen molar-refractivity contribution >= 4 is 29.3 Å². The number of carbonyl (C=O) groups excluding carboxylic acids is 1. The Hall–Kier alpha value is -2.82. The quantitative estimate of drug-likeness (QED) is 0.540. The molecular weight excluding hydrogens is 396 g/mol. The Balaban J connectivity index is 1.73. The second-order valence-electron chi connectivity index (χ2n) is 5.99. The van der Waals surface area contributed by atoms with Gasteiger partial charge in [-0.05, 0) is 29.8 Å². The van der Waals surface area contributed by atoms with Gasteiger partial charge in [-0.1, -0.05) is 35.9 Å². The number of halogens is 1. The molecule has 6 nitrogen and oxygen atoms in total. The van der Waals surface area contributed by atoms with E-state index in [9.17, 15) is 4.79 Å². The van der Waals surface area contributed by atoms with Crippen LogP contribution >= 0.6 is 23.4 Å². The number of thioether (sulfide) groups is 1. The second-order valence-corrected chi connectivity index (χ2v) is 7.42. The van der Waals surface area contributed by atoms with Gasteiger partial charge in [0.2, 0.25) is 17.7 Å². The summed E-state index contributed by atoms with van der Waals surface area (Å²) in [6.45, 7) is 2.29. The highest BCUT2D eigenvalue weighted by molar-refractivity contribution is 8.00. The van der Waals surface area contributed by atoms with Crippen LogP contribution in [0, 0.1) is 18.3 Å². The maximum atomic E-state index is 12.9. The summed E-state index contributed by atoms with van der Waals surface area (Å²) in [4.78, 5) is 15.4. The number of aryl methyl sites for hydroxylation is 1. The summed E-state index contributed by atoms with van der Waals surface area (Å²) < 4.78 is 5.43. The fourth-order valence-electron chi connectivity index (χ4n) is 2.49. The molecule has 142 valence electrons. The van der Waals surface area contributed by atoms with E-state index in [-0.39, 0.29) is 18.2 Å². The molecule has 3 rings (SSSR count). The van der Waals surface area contributed by atoms with Crippen LogP contribution in [0.5, 0.6) is 0 Å². The first-order valence-electron chi connectivity index (χ1n) is 8.48. The first-order chi connectivity index (χ1) is 13.5. The van der Waals surface area contributed by atoms with Crippen LogP contribution in [0.25, 0.3) is 0 Å².